The number of rotatable bonds is 4. The molecule has 0 bridgehead atoms. The molecule has 0 amide bonds. The van der Waals surface area contributed by atoms with Gasteiger partial charge in [0.25, 0.3) is 0 Å². The Morgan fingerprint density at radius 2 is 2.25 bits per heavy atom. The van der Waals surface area contributed by atoms with E-state index >= 15 is 0 Å². The Morgan fingerprint density at radius 3 is 2.81 bits per heavy atom. The third-order valence-corrected chi connectivity index (χ3v) is 4.26. The van der Waals surface area contributed by atoms with Crippen LogP contribution < -0.4 is 11.1 Å². The molecular formula is C12H16BrN3. The fourth-order valence-electron chi connectivity index (χ4n) is 2.45. The van der Waals surface area contributed by atoms with Gasteiger partial charge in [0.05, 0.1) is 5.69 Å². The number of hydrogen-bond acceptors (Lipinski definition) is 3. The Bertz CT molecular complexity index is 411. The minimum absolute atomic E-state index is 0.585. The van der Waals surface area contributed by atoms with Crippen molar-refractivity contribution in [2.75, 3.05) is 17.6 Å². The summed E-state index contributed by atoms with van der Waals surface area (Å²) in [6, 6.07) is 1.89. The molecule has 0 radical (unpaired) electrons. The van der Waals surface area contributed by atoms with Crippen molar-refractivity contribution in [1.82, 2.24) is 4.98 Å². The second kappa shape index (κ2) is 3.62. The molecular weight excluding hydrogens is 266 g/mol. The molecule has 0 atom stereocenters. The second-order valence-electron chi connectivity index (χ2n) is 5.08. The van der Waals surface area contributed by atoms with Crippen molar-refractivity contribution in [2.24, 2.45) is 11.3 Å². The molecule has 2 aliphatic carbocycles. The Kier molecular flexibility index (Phi) is 2.35. The lowest BCUT2D eigenvalue weighted by Gasteiger charge is -2.16. The number of hydrogen-bond donors (Lipinski definition) is 2. The van der Waals surface area contributed by atoms with Crippen LogP contribution in [0, 0.1) is 11.3 Å². The smallest absolute Gasteiger partial charge is 0.149 e. The molecule has 86 valence electrons. The number of pyridine rings is 1. The van der Waals surface area contributed by atoms with Gasteiger partial charge >= 0.3 is 0 Å². The van der Waals surface area contributed by atoms with E-state index in [9.17, 15) is 0 Å². The van der Waals surface area contributed by atoms with Gasteiger partial charge in [-0.05, 0) is 59.0 Å². The van der Waals surface area contributed by atoms with E-state index in [0.717, 1.165) is 28.4 Å². The first-order chi connectivity index (χ1) is 7.70. The summed E-state index contributed by atoms with van der Waals surface area (Å²) in [5.41, 5.74) is 7.22. The van der Waals surface area contributed by atoms with E-state index in [2.05, 4.69) is 26.2 Å². The zero-order valence-corrected chi connectivity index (χ0v) is 10.8. The molecule has 16 heavy (non-hydrogen) atoms. The topological polar surface area (TPSA) is 50.9 Å². The molecule has 4 heteroatoms. The average Bonchev–Trinajstić information content (AvgIpc) is 3.11. The van der Waals surface area contributed by atoms with Crippen molar-refractivity contribution in [3.63, 3.8) is 0 Å². The van der Waals surface area contributed by atoms with Crippen LogP contribution in [0.4, 0.5) is 11.5 Å². The second-order valence-corrected chi connectivity index (χ2v) is 6.00. The number of aromatic nitrogens is 1. The van der Waals surface area contributed by atoms with Gasteiger partial charge in [-0.15, -0.1) is 0 Å². The number of nitrogens with two attached hydrogens (primary N) is 1. The number of nitrogens with zero attached hydrogens (tertiary/aromatic N) is 1. The maximum Gasteiger partial charge on any atom is 0.149 e. The van der Waals surface area contributed by atoms with Crippen molar-refractivity contribution < 1.29 is 0 Å². The molecule has 1 aromatic rings. The Hall–Kier alpha value is -0.770. The Labute approximate surface area is 104 Å². The lowest BCUT2D eigenvalue weighted by molar-refractivity contribution is 0.466. The van der Waals surface area contributed by atoms with E-state index in [0.29, 0.717) is 5.41 Å². The van der Waals surface area contributed by atoms with Crippen LogP contribution in [0.1, 0.15) is 25.7 Å². The number of halogens is 1. The Morgan fingerprint density at radius 1 is 1.50 bits per heavy atom. The molecule has 1 aromatic heterocycles. The van der Waals surface area contributed by atoms with Gasteiger partial charge in [0.15, 0.2) is 0 Å². The summed E-state index contributed by atoms with van der Waals surface area (Å²) in [4.78, 5) is 4.31. The highest BCUT2D eigenvalue weighted by Gasteiger charge is 2.53. The summed E-state index contributed by atoms with van der Waals surface area (Å²) < 4.78 is 0.930. The maximum absolute atomic E-state index is 5.91. The highest BCUT2D eigenvalue weighted by molar-refractivity contribution is 9.10. The van der Waals surface area contributed by atoms with Crippen LogP contribution in [-0.4, -0.2) is 11.5 Å². The van der Waals surface area contributed by atoms with Crippen LogP contribution in [0.25, 0.3) is 0 Å². The first kappa shape index (κ1) is 10.4. The van der Waals surface area contributed by atoms with Gasteiger partial charge in [0.1, 0.15) is 5.82 Å². The standard InChI is InChI=1S/C12H16BrN3/c13-9-5-10(14)11(15-6-9)16-7-12(3-4-12)8-1-2-8/h5-6,8H,1-4,7,14H2,(H,15,16). The summed E-state index contributed by atoms with van der Waals surface area (Å²) in [5.74, 6) is 1.80. The van der Waals surface area contributed by atoms with Gasteiger partial charge in [0, 0.05) is 17.2 Å². The normalized spacial score (nSPS) is 21.8. The van der Waals surface area contributed by atoms with Crippen molar-refractivity contribution >= 4 is 27.4 Å². The summed E-state index contributed by atoms with van der Waals surface area (Å²) in [6.45, 7) is 1.04. The minimum atomic E-state index is 0.585. The molecule has 3 rings (SSSR count). The van der Waals surface area contributed by atoms with Crippen LogP contribution in [-0.2, 0) is 0 Å². The molecule has 0 saturated heterocycles. The van der Waals surface area contributed by atoms with Gasteiger partial charge < -0.3 is 11.1 Å². The molecule has 1 heterocycles. The van der Waals surface area contributed by atoms with E-state index < -0.39 is 0 Å². The van der Waals surface area contributed by atoms with Crippen LogP contribution >= 0.6 is 15.9 Å². The molecule has 2 saturated carbocycles. The van der Waals surface area contributed by atoms with Crippen molar-refractivity contribution in [3.8, 4) is 0 Å². The number of nitrogens with one attached hydrogen (secondary N) is 1. The van der Waals surface area contributed by atoms with Crippen molar-refractivity contribution in [3.05, 3.63) is 16.7 Å². The number of anilines is 2. The van der Waals surface area contributed by atoms with Crippen LogP contribution in [0.15, 0.2) is 16.7 Å². The van der Waals surface area contributed by atoms with Crippen LogP contribution in [0.3, 0.4) is 0 Å². The van der Waals surface area contributed by atoms with E-state index in [1.54, 1.807) is 6.20 Å². The lowest BCUT2D eigenvalue weighted by atomic mass is 10.0. The van der Waals surface area contributed by atoms with E-state index in [1.807, 2.05) is 6.07 Å². The maximum atomic E-state index is 5.91. The highest BCUT2D eigenvalue weighted by Crippen LogP contribution is 2.61. The third kappa shape index (κ3) is 1.90. The minimum Gasteiger partial charge on any atom is -0.396 e. The first-order valence-electron chi connectivity index (χ1n) is 5.84. The van der Waals surface area contributed by atoms with Gasteiger partial charge in [-0.25, -0.2) is 4.98 Å². The lowest BCUT2D eigenvalue weighted by Crippen LogP contribution is -2.18. The molecule has 2 fully saturated rings. The first-order valence-corrected chi connectivity index (χ1v) is 6.64. The molecule has 0 aromatic carbocycles. The average molecular weight is 282 g/mol. The summed E-state index contributed by atoms with van der Waals surface area (Å²) in [5, 5.41) is 3.41. The molecule has 0 unspecified atom stereocenters. The van der Waals surface area contributed by atoms with Crippen molar-refractivity contribution in [1.29, 1.82) is 0 Å². The molecule has 0 spiro atoms. The predicted octanol–water partition coefficient (Wildman–Crippen LogP) is 3.03. The largest absolute Gasteiger partial charge is 0.396 e. The third-order valence-electron chi connectivity index (χ3n) is 3.83. The molecule has 0 aliphatic heterocycles. The molecule has 3 N–H and O–H groups in total. The highest BCUT2D eigenvalue weighted by atomic mass is 79.9. The van der Waals surface area contributed by atoms with Gasteiger partial charge in [-0.3, -0.25) is 0 Å². The predicted molar refractivity (Wildman–Crippen MR) is 69.2 cm³/mol. The summed E-state index contributed by atoms with van der Waals surface area (Å²) in [7, 11) is 0. The van der Waals surface area contributed by atoms with E-state index in [-0.39, 0.29) is 0 Å². The zero-order chi connectivity index (χ0) is 11.2. The van der Waals surface area contributed by atoms with Crippen LogP contribution in [0.2, 0.25) is 0 Å². The Balaban J connectivity index is 1.66. The quantitative estimate of drug-likeness (QED) is 0.892. The fraction of sp³-hybridized carbons (Fsp3) is 0.583. The van der Waals surface area contributed by atoms with E-state index in [1.165, 1.54) is 25.7 Å². The zero-order valence-electron chi connectivity index (χ0n) is 9.17. The summed E-state index contributed by atoms with van der Waals surface area (Å²) in [6.07, 6.45) is 7.38. The monoisotopic (exact) mass is 281 g/mol. The number of nitrogen functional groups attached to an aromatic ring is 1. The van der Waals surface area contributed by atoms with Gasteiger partial charge in [-0.2, -0.15) is 0 Å². The van der Waals surface area contributed by atoms with Crippen molar-refractivity contribution in [2.45, 2.75) is 25.7 Å². The molecule has 2 aliphatic rings. The molecule has 3 nitrogen and oxygen atoms in total. The SMILES string of the molecule is Nc1cc(Br)cnc1NCC1(C2CC2)CC1. The van der Waals surface area contributed by atoms with Gasteiger partial charge in [-0.1, -0.05) is 0 Å². The van der Waals surface area contributed by atoms with Crippen LogP contribution in [0.5, 0.6) is 0 Å². The summed E-state index contributed by atoms with van der Waals surface area (Å²) >= 11 is 3.36. The van der Waals surface area contributed by atoms with Gasteiger partial charge in [0.2, 0.25) is 0 Å². The fourth-order valence-corrected chi connectivity index (χ4v) is 2.80. The van der Waals surface area contributed by atoms with E-state index in [4.69, 9.17) is 5.73 Å².